The maximum absolute atomic E-state index is 12.4. The van der Waals surface area contributed by atoms with E-state index in [0.29, 0.717) is 24.0 Å². The first-order valence-electron chi connectivity index (χ1n) is 13.3. The summed E-state index contributed by atoms with van der Waals surface area (Å²) in [6.45, 7) is -0.691. The zero-order valence-corrected chi connectivity index (χ0v) is 23.3. The second-order valence-corrected chi connectivity index (χ2v) is 10.2. The lowest BCUT2D eigenvalue weighted by Gasteiger charge is -2.43. The molecule has 0 spiro atoms. The molecule has 1 aromatic rings. The predicted octanol–water partition coefficient (Wildman–Crippen LogP) is -0.162. The van der Waals surface area contributed by atoms with Gasteiger partial charge in [0.25, 0.3) is 0 Å². The summed E-state index contributed by atoms with van der Waals surface area (Å²) in [4.78, 5) is 24.6. The van der Waals surface area contributed by atoms with E-state index in [4.69, 9.17) is 33.2 Å². The Hall–Kier alpha value is -3.40. The van der Waals surface area contributed by atoms with Gasteiger partial charge in [0.2, 0.25) is 12.0 Å². The second-order valence-electron chi connectivity index (χ2n) is 10.2. The molecular formula is C28H36O14. The van der Waals surface area contributed by atoms with E-state index in [2.05, 4.69) is 0 Å². The van der Waals surface area contributed by atoms with Crippen molar-refractivity contribution in [3.05, 3.63) is 35.6 Å². The van der Waals surface area contributed by atoms with Crippen molar-refractivity contribution in [3.63, 3.8) is 0 Å². The van der Waals surface area contributed by atoms with Gasteiger partial charge in [-0.15, -0.1) is 0 Å². The first-order valence-corrected chi connectivity index (χ1v) is 13.3. The molecule has 2 unspecified atom stereocenters. The van der Waals surface area contributed by atoms with Crippen LogP contribution in [0.2, 0.25) is 0 Å². The van der Waals surface area contributed by atoms with Crippen molar-refractivity contribution in [2.75, 3.05) is 34.5 Å². The van der Waals surface area contributed by atoms with Crippen molar-refractivity contribution >= 4 is 18.0 Å². The summed E-state index contributed by atoms with van der Waals surface area (Å²) in [5.41, 5.74) is 0.767. The minimum absolute atomic E-state index is 0.132. The quantitative estimate of drug-likeness (QED) is 0.176. The molecule has 14 heteroatoms. The highest BCUT2D eigenvalue weighted by Gasteiger charge is 2.52. The van der Waals surface area contributed by atoms with Crippen LogP contribution in [0.1, 0.15) is 18.4 Å². The number of phenolic OH excluding ortho intramolecular Hbond substituents is 1. The van der Waals surface area contributed by atoms with Gasteiger partial charge in [-0.3, -0.25) is 0 Å². The average molecular weight is 597 g/mol. The van der Waals surface area contributed by atoms with Crippen LogP contribution in [0.3, 0.4) is 0 Å². The van der Waals surface area contributed by atoms with Crippen molar-refractivity contribution in [1.29, 1.82) is 0 Å². The van der Waals surface area contributed by atoms with Gasteiger partial charge < -0.3 is 58.7 Å². The number of hydrogen-bond donors (Lipinski definition) is 5. The highest BCUT2D eigenvalue weighted by atomic mass is 16.8. The van der Waals surface area contributed by atoms with Crippen LogP contribution < -0.4 is 9.47 Å². The zero-order chi connectivity index (χ0) is 30.6. The van der Waals surface area contributed by atoms with E-state index in [1.54, 1.807) is 0 Å². The lowest BCUT2D eigenvalue weighted by Crippen LogP contribution is -2.60. The van der Waals surface area contributed by atoms with E-state index in [9.17, 15) is 35.1 Å². The van der Waals surface area contributed by atoms with Crippen LogP contribution in [0.5, 0.6) is 17.2 Å². The number of ether oxygens (including phenoxy) is 7. The number of rotatable bonds is 10. The molecule has 1 saturated heterocycles. The summed E-state index contributed by atoms with van der Waals surface area (Å²) in [5.74, 6) is -2.40. The molecule has 3 aliphatic rings. The van der Waals surface area contributed by atoms with Gasteiger partial charge in [0.05, 0.1) is 33.2 Å². The predicted molar refractivity (Wildman–Crippen MR) is 141 cm³/mol. The van der Waals surface area contributed by atoms with Gasteiger partial charge >= 0.3 is 11.9 Å². The van der Waals surface area contributed by atoms with Crippen LogP contribution in [0.25, 0.3) is 6.08 Å². The summed E-state index contributed by atoms with van der Waals surface area (Å²) < 4.78 is 37.4. The Morgan fingerprint density at radius 2 is 1.69 bits per heavy atom. The maximum atomic E-state index is 12.4. The normalized spacial score (nSPS) is 32.5. The zero-order valence-electron chi connectivity index (χ0n) is 23.3. The molecule has 42 heavy (non-hydrogen) atoms. The lowest BCUT2D eigenvalue weighted by atomic mass is 9.83. The van der Waals surface area contributed by atoms with Gasteiger partial charge in [-0.1, -0.05) is 0 Å². The third-order valence-electron chi connectivity index (χ3n) is 7.80. The maximum Gasteiger partial charge on any atom is 0.337 e. The number of carbonyl (C=O) groups excluding carboxylic acids is 2. The minimum atomic E-state index is -1.71. The number of aliphatic hydroxyl groups excluding tert-OH is 4. The SMILES string of the molecule is COC(=O)C1=CO[C@@H](O[C@@H]2O[C@H](COC(=O)/C=C/c3cc(OC)c(O)c(OC)c3)[C@@H](O)[C@H](O)[C@H]2O)C2C(CO)CC[C@H]12. The highest BCUT2D eigenvalue weighted by Crippen LogP contribution is 2.47. The molecule has 0 aromatic heterocycles. The molecule has 0 amide bonds. The van der Waals surface area contributed by atoms with Crippen molar-refractivity contribution in [3.8, 4) is 17.2 Å². The molecule has 1 saturated carbocycles. The Morgan fingerprint density at radius 1 is 1.00 bits per heavy atom. The molecule has 9 atom stereocenters. The third-order valence-corrected chi connectivity index (χ3v) is 7.80. The van der Waals surface area contributed by atoms with Gasteiger partial charge in [0.1, 0.15) is 31.0 Å². The van der Waals surface area contributed by atoms with Crippen LogP contribution in [0, 0.1) is 17.8 Å². The Kier molecular flexibility index (Phi) is 10.3. The summed E-state index contributed by atoms with van der Waals surface area (Å²) in [6, 6.07) is 2.95. The number of phenols is 1. The topological polar surface area (TPSA) is 200 Å². The van der Waals surface area contributed by atoms with Gasteiger partial charge in [-0.05, 0) is 42.5 Å². The van der Waals surface area contributed by atoms with Crippen LogP contribution >= 0.6 is 0 Å². The molecule has 2 fully saturated rings. The first-order chi connectivity index (χ1) is 20.1. The highest BCUT2D eigenvalue weighted by molar-refractivity contribution is 5.89. The molecule has 0 radical (unpaired) electrons. The number of methoxy groups -OCH3 is 3. The van der Waals surface area contributed by atoms with E-state index < -0.39 is 61.5 Å². The smallest absolute Gasteiger partial charge is 0.337 e. The van der Waals surface area contributed by atoms with E-state index in [1.807, 2.05) is 0 Å². The van der Waals surface area contributed by atoms with E-state index >= 15 is 0 Å². The molecule has 1 aromatic carbocycles. The van der Waals surface area contributed by atoms with Gasteiger partial charge in [0, 0.05) is 24.5 Å². The monoisotopic (exact) mass is 596 g/mol. The van der Waals surface area contributed by atoms with Crippen molar-refractivity contribution in [1.82, 2.24) is 0 Å². The second kappa shape index (κ2) is 13.7. The molecule has 1 aliphatic carbocycles. The van der Waals surface area contributed by atoms with Crippen LogP contribution in [-0.4, -0.2) is 109 Å². The third kappa shape index (κ3) is 6.48. The fourth-order valence-electron chi connectivity index (χ4n) is 5.54. The Labute approximate surface area is 241 Å². The van der Waals surface area contributed by atoms with Crippen LogP contribution in [0.4, 0.5) is 0 Å². The summed E-state index contributed by atoms with van der Waals surface area (Å²) in [7, 11) is 3.98. The van der Waals surface area contributed by atoms with Crippen molar-refractivity contribution < 1.29 is 68.3 Å². The number of carbonyl (C=O) groups is 2. The number of esters is 2. The van der Waals surface area contributed by atoms with Crippen LogP contribution in [0.15, 0.2) is 30.0 Å². The fourth-order valence-corrected chi connectivity index (χ4v) is 5.54. The Balaban J connectivity index is 1.41. The number of benzene rings is 1. The Bertz CT molecular complexity index is 1160. The van der Waals surface area contributed by atoms with E-state index in [0.717, 1.165) is 6.08 Å². The van der Waals surface area contributed by atoms with Gasteiger partial charge in [-0.2, -0.15) is 0 Å². The number of fused-ring (bicyclic) bond motifs is 1. The molecule has 14 nitrogen and oxygen atoms in total. The first kappa shape index (κ1) is 31.5. The molecule has 5 N–H and O–H groups in total. The number of hydrogen-bond acceptors (Lipinski definition) is 14. The minimum Gasteiger partial charge on any atom is -0.502 e. The molecule has 232 valence electrons. The molecule has 2 heterocycles. The summed E-state index contributed by atoms with van der Waals surface area (Å²) in [6.07, 6.45) is -3.98. The van der Waals surface area contributed by atoms with Crippen LogP contribution in [-0.2, 0) is 33.3 Å². The van der Waals surface area contributed by atoms with E-state index in [-0.39, 0.29) is 35.7 Å². The molecule has 4 rings (SSSR count). The standard InChI is InChI=1S/C28H36O14/c1-36-17-8-13(9-18(37-2)22(17)31)4-7-20(30)39-12-19-23(32)24(33)25(34)28(41-19)42-27-21-14(10-29)5-6-15(21)16(11-40-27)26(35)38-3/h4,7-9,11,14-15,19,21,23-25,27-29,31-34H,5-6,10,12H2,1-3H3/b7-4+/t14?,15-,19-,21?,23-,24+,25-,27+,28+/m1/s1. The number of aromatic hydroxyl groups is 1. The summed E-state index contributed by atoms with van der Waals surface area (Å²) in [5, 5.41) is 51.5. The van der Waals surface area contributed by atoms with Crippen molar-refractivity contribution in [2.45, 2.75) is 49.8 Å². The van der Waals surface area contributed by atoms with Crippen molar-refractivity contribution in [2.24, 2.45) is 17.8 Å². The van der Waals surface area contributed by atoms with E-state index in [1.165, 1.54) is 45.8 Å². The molecule has 0 bridgehead atoms. The number of aliphatic hydroxyl groups is 4. The molecule has 2 aliphatic heterocycles. The Morgan fingerprint density at radius 3 is 2.31 bits per heavy atom. The summed E-state index contributed by atoms with van der Waals surface area (Å²) >= 11 is 0. The lowest BCUT2D eigenvalue weighted by molar-refractivity contribution is -0.343. The largest absolute Gasteiger partial charge is 0.502 e. The van der Waals surface area contributed by atoms with Gasteiger partial charge in [-0.25, -0.2) is 9.59 Å². The molecular weight excluding hydrogens is 560 g/mol. The average Bonchev–Trinajstić information content (AvgIpc) is 3.44. The fraction of sp³-hybridized carbons (Fsp3) is 0.571. The van der Waals surface area contributed by atoms with Gasteiger partial charge in [0.15, 0.2) is 17.8 Å².